The molecule has 1 atom stereocenters. The number of hydrogen-bond donors (Lipinski definition) is 0. The van der Waals surface area contributed by atoms with Crippen molar-refractivity contribution in [3.63, 3.8) is 0 Å². The van der Waals surface area contributed by atoms with E-state index in [0.717, 1.165) is 27.6 Å². The largest absolute Gasteiger partial charge is 0.463 e. The number of halogens is 1. The van der Waals surface area contributed by atoms with Crippen LogP contribution in [0.3, 0.4) is 0 Å². The van der Waals surface area contributed by atoms with Crippen molar-refractivity contribution in [1.82, 2.24) is 9.13 Å². The van der Waals surface area contributed by atoms with Crippen molar-refractivity contribution >= 4 is 34.3 Å². The monoisotopic (exact) mass is 551 g/mol. The van der Waals surface area contributed by atoms with E-state index in [4.69, 9.17) is 4.74 Å². The van der Waals surface area contributed by atoms with Crippen LogP contribution in [0.2, 0.25) is 0 Å². The van der Waals surface area contributed by atoms with Gasteiger partial charge in [-0.3, -0.25) is 9.36 Å². The third-order valence-electron chi connectivity index (χ3n) is 7.00. The predicted octanol–water partition coefficient (Wildman–Crippen LogP) is 4.94. The lowest BCUT2D eigenvalue weighted by Gasteiger charge is -2.24. The number of allylic oxidation sites excluding steroid dienone is 1. The number of fused-ring (bicyclic) bond motifs is 2. The minimum Gasteiger partial charge on any atom is -0.463 e. The van der Waals surface area contributed by atoms with Crippen LogP contribution >= 0.6 is 11.3 Å². The number of carbonyl (C=O) groups is 1. The van der Waals surface area contributed by atoms with Gasteiger partial charge in [-0.2, -0.15) is 0 Å². The predicted molar refractivity (Wildman–Crippen MR) is 154 cm³/mol. The first-order chi connectivity index (χ1) is 19.4. The number of aromatic nitrogens is 2. The Hall–Kier alpha value is -4.56. The molecule has 0 fully saturated rings. The normalized spacial score (nSPS) is 15.3. The Morgan fingerprint density at radius 2 is 1.77 bits per heavy atom. The Kier molecular flexibility index (Phi) is 6.77. The Morgan fingerprint density at radius 3 is 2.52 bits per heavy atom. The molecule has 8 heteroatoms. The Bertz CT molecular complexity index is 1950. The molecule has 0 aliphatic carbocycles. The molecule has 0 spiro atoms. The number of para-hydroxylation sites is 1. The summed E-state index contributed by atoms with van der Waals surface area (Å²) in [6, 6.07) is 23.3. The summed E-state index contributed by atoms with van der Waals surface area (Å²) in [7, 11) is 0. The van der Waals surface area contributed by atoms with Gasteiger partial charge in [0.15, 0.2) is 4.80 Å². The van der Waals surface area contributed by atoms with Crippen LogP contribution in [0.4, 0.5) is 4.39 Å². The number of nitrogens with zero attached hydrogens (tertiary/aromatic N) is 3. The lowest BCUT2D eigenvalue weighted by atomic mass is 9.96. The van der Waals surface area contributed by atoms with Gasteiger partial charge in [-0.1, -0.05) is 72.0 Å². The summed E-state index contributed by atoms with van der Waals surface area (Å²) >= 11 is 1.30. The van der Waals surface area contributed by atoms with E-state index >= 15 is 0 Å². The highest BCUT2D eigenvalue weighted by molar-refractivity contribution is 7.07. The number of hydrogen-bond acceptors (Lipinski definition) is 5. The van der Waals surface area contributed by atoms with Gasteiger partial charge in [0.2, 0.25) is 0 Å². The van der Waals surface area contributed by atoms with Gasteiger partial charge in [0.1, 0.15) is 5.82 Å². The minimum absolute atomic E-state index is 0.220. The molecule has 6 rings (SSSR count). The molecule has 0 amide bonds. The molecular formula is C32H26FN3O3S. The van der Waals surface area contributed by atoms with Crippen LogP contribution in [0.5, 0.6) is 0 Å². The zero-order valence-corrected chi connectivity index (χ0v) is 22.8. The maximum absolute atomic E-state index is 14.0. The first-order valence-corrected chi connectivity index (χ1v) is 13.8. The number of benzene rings is 3. The maximum Gasteiger partial charge on any atom is 0.338 e. The van der Waals surface area contributed by atoms with Crippen LogP contribution in [-0.4, -0.2) is 21.7 Å². The summed E-state index contributed by atoms with van der Waals surface area (Å²) in [5.41, 5.74) is 4.36. The van der Waals surface area contributed by atoms with Gasteiger partial charge in [0, 0.05) is 29.2 Å². The highest BCUT2D eigenvalue weighted by atomic mass is 32.1. The minimum atomic E-state index is -0.640. The summed E-state index contributed by atoms with van der Waals surface area (Å²) in [4.78, 5) is 32.2. The zero-order valence-electron chi connectivity index (χ0n) is 22.0. The quantitative estimate of drug-likeness (QED) is 0.281. The summed E-state index contributed by atoms with van der Waals surface area (Å²) in [5, 5.41) is 0.999. The molecule has 0 bridgehead atoms. The SMILES string of the molecule is CCOC(=O)C1=C(C)N=c2s/c(=C/c3cn(Cc4ccc(F)cc4)c4ccccc34)c(=O)n2[C@H]1c1ccccc1. The maximum atomic E-state index is 14.0. The third kappa shape index (κ3) is 4.60. The van der Waals surface area contributed by atoms with Crippen molar-refractivity contribution in [2.24, 2.45) is 4.99 Å². The highest BCUT2D eigenvalue weighted by Crippen LogP contribution is 2.30. The molecule has 40 heavy (non-hydrogen) atoms. The molecule has 0 saturated heterocycles. The summed E-state index contributed by atoms with van der Waals surface area (Å²) < 4.78 is 23.0. The van der Waals surface area contributed by atoms with E-state index < -0.39 is 12.0 Å². The first-order valence-electron chi connectivity index (χ1n) is 13.0. The smallest absolute Gasteiger partial charge is 0.338 e. The van der Waals surface area contributed by atoms with E-state index in [1.54, 1.807) is 30.5 Å². The fourth-order valence-corrected chi connectivity index (χ4v) is 6.23. The van der Waals surface area contributed by atoms with Gasteiger partial charge >= 0.3 is 5.97 Å². The molecule has 1 aliphatic heterocycles. The molecule has 0 unspecified atom stereocenters. The molecule has 1 aliphatic rings. The van der Waals surface area contributed by atoms with Crippen LogP contribution in [0.25, 0.3) is 17.0 Å². The Labute approximate surface area is 233 Å². The van der Waals surface area contributed by atoms with E-state index in [9.17, 15) is 14.0 Å². The highest BCUT2D eigenvalue weighted by Gasteiger charge is 2.33. The number of ether oxygens (including phenoxy) is 1. The van der Waals surface area contributed by atoms with Gasteiger partial charge in [-0.15, -0.1) is 0 Å². The molecule has 3 aromatic carbocycles. The fourth-order valence-electron chi connectivity index (χ4n) is 5.19. The molecule has 5 aromatic rings. The van der Waals surface area contributed by atoms with Crippen molar-refractivity contribution in [3.8, 4) is 0 Å². The second-order valence-electron chi connectivity index (χ2n) is 9.57. The molecular weight excluding hydrogens is 525 g/mol. The number of carbonyl (C=O) groups excluding carboxylic acids is 1. The van der Waals surface area contributed by atoms with Gasteiger partial charge in [0.25, 0.3) is 5.56 Å². The Balaban J connectivity index is 1.50. The van der Waals surface area contributed by atoms with Crippen LogP contribution in [-0.2, 0) is 16.1 Å². The second kappa shape index (κ2) is 10.5. The van der Waals surface area contributed by atoms with Crippen LogP contribution < -0.4 is 14.9 Å². The first kappa shape index (κ1) is 25.7. The molecule has 0 N–H and O–H groups in total. The van der Waals surface area contributed by atoms with E-state index in [1.807, 2.05) is 66.9 Å². The van der Waals surface area contributed by atoms with Crippen molar-refractivity contribution in [3.05, 3.63) is 139 Å². The van der Waals surface area contributed by atoms with Gasteiger partial charge in [-0.05, 0) is 49.2 Å². The topological polar surface area (TPSA) is 65.6 Å². The van der Waals surface area contributed by atoms with Gasteiger partial charge in [0.05, 0.1) is 28.5 Å². The van der Waals surface area contributed by atoms with E-state index in [-0.39, 0.29) is 18.0 Å². The average molecular weight is 552 g/mol. The molecule has 200 valence electrons. The number of esters is 1. The van der Waals surface area contributed by atoms with Crippen LogP contribution in [0.15, 0.2) is 106 Å². The van der Waals surface area contributed by atoms with Crippen molar-refractivity contribution in [2.45, 2.75) is 26.4 Å². The molecule has 0 saturated carbocycles. The van der Waals surface area contributed by atoms with E-state index in [1.165, 1.54) is 23.5 Å². The third-order valence-corrected chi connectivity index (χ3v) is 7.99. The molecule has 2 aromatic heterocycles. The zero-order chi connectivity index (χ0) is 27.8. The van der Waals surface area contributed by atoms with Crippen molar-refractivity contribution < 1.29 is 13.9 Å². The van der Waals surface area contributed by atoms with Crippen molar-refractivity contribution in [1.29, 1.82) is 0 Å². The number of rotatable bonds is 6. The van der Waals surface area contributed by atoms with Crippen LogP contribution in [0, 0.1) is 5.82 Å². The summed E-state index contributed by atoms with van der Waals surface area (Å²) in [5.74, 6) is -0.747. The second-order valence-corrected chi connectivity index (χ2v) is 10.6. The van der Waals surface area contributed by atoms with Gasteiger partial charge in [-0.25, -0.2) is 14.2 Å². The standard InChI is InChI=1S/C32H26FN3O3S/c1-3-39-31(38)28-20(2)34-32-36(29(28)22-9-5-4-6-10-22)30(37)27(40-32)17-23-19-35(26-12-8-7-11-25(23)26)18-21-13-15-24(33)16-14-21/h4-17,19,29H,3,18H2,1-2H3/b27-17+/t29-/m0/s1. The Morgan fingerprint density at radius 1 is 1.05 bits per heavy atom. The fraction of sp³-hybridized carbons (Fsp3) is 0.156. The lowest BCUT2D eigenvalue weighted by Crippen LogP contribution is -2.39. The van der Waals surface area contributed by atoms with E-state index in [2.05, 4.69) is 9.56 Å². The van der Waals surface area contributed by atoms with E-state index in [0.29, 0.717) is 27.1 Å². The number of thiazole rings is 1. The molecule has 6 nitrogen and oxygen atoms in total. The van der Waals surface area contributed by atoms with Crippen LogP contribution in [0.1, 0.15) is 36.6 Å². The summed E-state index contributed by atoms with van der Waals surface area (Å²) in [6.07, 6.45) is 3.90. The lowest BCUT2D eigenvalue weighted by molar-refractivity contribution is -0.139. The average Bonchev–Trinajstić information content (AvgIpc) is 3.46. The van der Waals surface area contributed by atoms with Crippen molar-refractivity contribution in [2.75, 3.05) is 6.61 Å². The molecule has 0 radical (unpaired) electrons. The summed E-state index contributed by atoms with van der Waals surface area (Å²) in [6.45, 7) is 4.32. The molecule has 3 heterocycles. The van der Waals surface area contributed by atoms with Gasteiger partial charge < -0.3 is 9.30 Å².